The van der Waals surface area contributed by atoms with E-state index in [2.05, 4.69) is 15.6 Å². The Morgan fingerprint density at radius 1 is 1.41 bits per heavy atom. The van der Waals surface area contributed by atoms with Crippen LogP contribution < -0.4 is 10.2 Å². The number of nitrogens with one attached hydrogen (secondary N) is 1. The molecule has 0 amide bonds. The van der Waals surface area contributed by atoms with Crippen LogP contribution in [0.15, 0.2) is 5.38 Å². The summed E-state index contributed by atoms with van der Waals surface area (Å²) in [6.07, 6.45) is 3.77. The van der Waals surface area contributed by atoms with Crippen molar-refractivity contribution in [1.82, 2.24) is 10.3 Å². The highest BCUT2D eigenvalue weighted by Crippen LogP contribution is 2.23. The van der Waals surface area contributed by atoms with Crippen molar-refractivity contribution in [2.45, 2.75) is 31.8 Å². The normalized spacial score (nSPS) is 21.5. The molecule has 0 radical (unpaired) electrons. The maximum absolute atomic E-state index is 5.46. The lowest BCUT2D eigenvalue weighted by atomic mass is 10.4. The predicted octanol–water partition coefficient (Wildman–Crippen LogP) is 1.62. The quantitative estimate of drug-likeness (QED) is 0.885. The lowest BCUT2D eigenvalue weighted by Crippen LogP contribution is -2.25. The molecule has 17 heavy (non-hydrogen) atoms. The minimum atomic E-state index is 0.756. The van der Waals surface area contributed by atoms with Gasteiger partial charge in [0, 0.05) is 37.7 Å². The maximum Gasteiger partial charge on any atom is 0.185 e. The first-order valence-corrected chi connectivity index (χ1v) is 7.30. The van der Waals surface area contributed by atoms with Crippen molar-refractivity contribution in [3.8, 4) is 0 Å². The van der Waals surface area contributed by atoms with Gasteiger partial charge in [-0.05, 0) is 19.3 Å². The largest absolute Gasteiger partial charge is 0.380 e. The molecule has 2 aliphatic rings. The van der Waals surface area contributed by atoms with Gasteiger partial charge in [-0.15, -0.1) is 11.3 Å². The molecule has 0 aromatic carbocycles. The minimum Gasteiger partial charge on any atom is -0.380 e. The molecule has 0 bridgehead atoms. The number of aromatic nitrogens is 1. The molecule has 1 aliphatic heterocycles. The first-order valence-electron chi connectivity index (χ1n) is 6.42. The highest BCUT2D eigenvalue weighted by atomic mass is 32.1. The molecule has 0 spiro atoms. The van der Waals surface area contributed by atoms with Gasteiger partial charge in [0.1, 0.15) is 0 Å². The molecule has 94 valence electrons. The maximum atomic E-state index is 5.46. The predicted molar refractivity (Wildman–Crippen MR) is 69.6 cm³/mol. The second-order valence-corrected chi connectivity index (χ2v) is 5.57. The molecule has 5 heteroatoms. The van der Waals surface area contributed by atoms with Crippen molar-refractivity contribution < 1.29 is 4.74 Å². The summed E-state index contributed by atoms with van der Waals surface area (Å²) < 4.78 is 5.46. The average Bonchev–Trinajstić information content (AvgIpc) is 3.12. The number of rotatable bonds is 4. The summed E-state index contributed by atoms with van der Waals surface area (Å²) in [4.78, 5) is 7.05. The van der Waals surface area contributed by atoms with Crippen LogP contribution in [0.4, 0.5) is 5.13 Å². The summed E-state index contributed by atoms with van der Waals surface area (Å²) in [5.74, 6) is 0. The van der Waals surface area contributed by atoms with E-state index in [1.807, 2.05) is 0 Å². The van der Waals surface area contributed by atoms with Gasteiger partial charge in [-0.25, -0.2) is 4.98 Å². The van der Waals surface area contributed by atoms with E-state index in [0.717, 1.165) is 50.4 Å². The molecular weight excluding hydrogens is 234 g/mol. The van der Waals surface area contributed by atoms with E-state index < -0.39 is 0 Å². The minimum absolute atomic E-state index is 0.756. The second-order valence-electron chi connectivity index (χ2n) is 4.73. The van der Waals surface area contributed by atoms with Crippen molar-refractivity contribution in [3.63, 3.8) is 0 Å². The van der Waals surface area contributed by atoms with E-state index in [1.54, 1.807) is 11.3 Å². The van der Waals surface area contributed by atoms with Gasteiger partial charge in [0.15, 0.2) is 5.13 Å². The Labute approximate surface area is 106 Å². The fourth-order valence-electron chi connectivity index (χ4n) is 2.00. The van der Waals surface area contributed by atoms with Crippen LogP contribution in [-0.2, 0) is 11.3 Å². The molecule has 1 saturated carbocycles. The van der Waals surface area contributed by atoms with Crippen LogP contribution in [0.25, 0.3) is 0 Å². The van der Waals surface area contributed by atoms with Gasteiger partial charge in [0.25, 0.3) is 0 Å². The Morgan fingerprint density at radius 2 is 2.35 bits per heavy atom. The Hall–Kier alpha value is -0.650. The third-order valence-electron chi connectivity index (χ3n) is 3.18. The van der Waals surface area contributed by atoms with Crippen molar-refractivity contribution in [3.05, 3.63) is 11.1 Å². The van der Waals surface area contributed by atoms with Crippen molar-refractivity contribution in [1.29, 1.82) is 0 Å². The van der Waals surface area contributed by atoms with Gasteiger partial charge in [-0.3, -0.25) is 0 Å². The molecule has 1 N–H and O–H groups in total. The van der Waals surface area contributed by atoms with E-state index >= 15 is 0 Å². The zero-order valence-corrected chi connectivity index (χ0v) is 10.8. The third-order valence-corrected chi connectivity index (χ3v) is 4.13. The van der Waals surface area contributed by atoms with Gasteiger partial charge < -0.3 is 15.0 Å². The van der Waals surface area contributed by atoms with Crippen LogP contribution in [0.1, 0.15) is 25.0 Å². The van der Waals surface area contributed by atoms with Crippen LogP contribution in [0.3, 0.4) is 0 Å². The molecule has 1 aliphatic carbocycles. The summed E-state index contributed by atoms with van der Waals surface area (Å²) >= 11 is 1.76. The lowest BCUT2D eigenvalue weighted by molar-refractivity contribution is 0.152. The highest BCUT2D eigenvalue weighted by Gasteiger charge is 2.20. The van der Waals surface area contributed by atoms with Crippen molar-refractivity contribution >= 4 is 16.5 Å². The van der Waals surface area contributed by atoms with E-state index in [4.69, 9.17) is 9.72 Å². The van der Waals surface area contributed by atoms with Crippen molar-refractivity contribution in [2.24, 2.45) is 0 Å². The summed E-state index contributed by atoms with van der Waals surface area (Å²) in [5, 5.41) is 6.84. The number of anilines is 1. The van der Waals surface area contributed by atoms with E-state index in [0.29, 0.717) is 0 Å². The molecule has 2 heterocycles. The number of nitrogens with zero attached hydrogens (tertiary/aromatic N) is 2. The number of hydrogen-bond donors (Lipinski definition) is 1. The standard InChI is InChI=1S/C12H19N3OS/c1-4-15(5-7-16-6-1)12-14-11(9-17-12)8-13-10-2-3-10/h9-10,13H,1-8H2. The molecule has 0 atom stereocenters. The zero-order valence-electron chi connectivity index (χ0n) is 10.0. The molecule has 1 aromatic heterocycles. The van der Waals surface area contributed by atoms with E-state index in [1.165, 1.54) is 18.5 Å². The first kappa shape index (κ1) is 11.4. The Bertz CT molecular complexity index is 356. The molecule has 0 unspecified atom stereocenters. The van der Waals surface area contributed by atoms with Crippen molar-refractivity contribution in [2.75, 3.05) is 31.2 Å². The van der Waals surface area contributed by atoms with Crippen LogP contribution >= 0.6 is 11.3 Å². The third kappa shape index (κ3) is 3.18. The average molecular weight is 253 g/mol. The monoisotopic (exact) mass is 253 g/mol. The molecule has 3 rings (SSSR count). The summed E-state index contributed by atoms with van der Waals surface area (Å²) in [5.41, 5.74) is 1.18. The molecule has 1 saturated heterocycles. The Kier molecular flexibility index (Phi) is 3.59. The van der Waals surface area contributed by atoms with Crippen LogP contribution in [0, 0.1) is 0 Å². The fraction of sp³-hybridized carbons (Fsp3) is 0.750. The van der Waals surface area contributed by atoms with Gasteiger partial charge in [0.05, 0.1) is 12.3 Å². The molecular formula is C12H19N3OS. The lowest BCUT2D eigenvalue weighted by Gasteiger charge is -2.17. The van der Waals surface area contributed by atoms with Crippen LogP contribution in [-0.4, -0.2) is 37.3 Å². The summed E-state index contributed by atoms with van der Waals surface area (Å²) in [6.45, 7) is 4.69. The molecule has 4 nitrogen and oxygen atoms in total. The number of ether oxygens (including phenoxy) is 1. The molecule has 1 aromatic rings. The van der Waals surface area contributed by atoms with E-state index in [-0.39, 0.29) is 0 Å². The summed E-state index contributed by atoms with van der Waals surface area (Å²) in [6, 6.07) is 0.756. The van der Waals surface area contributed by atoms with Crippen LogP contribution in [0.2, 0.25) is 0 Å². The fourth-order valence-corrected chi connectivity index (χ4v) is 2.88. The molecule has 2 fully saturated rings. The van der Waals surface area contributed by atoms with Gasteiger partial charge >= 0.3 is 0 Å². The van der Waals surface area contributed by atoms with Gasteiger partial charge in [0.2, 0.25) is 0 Å². The zero-order chi connectivity index (χ0) is 11.5. The highest BCUT2D eigenvalue weighted by molar-refractivity contribution is 7.13. The number of hydrogen-bond acceptors (Lipinski definition) is 5. The number of thiazole rings is 1. The Balaban J connectivity index is 1.57. The first-order chi connectivity index (χ1) is 8.42. The van der Waals surface area contributed by atoms with Crippen LogP contribution in [0.5, 0.6) is 0 Å². The van der Waals surface area contributed by atoms with E-state index in [9.17, 15) is 0 Å². The van der Waals surface area contributed by atoms with Gasteiger partial charge in [-0.2, -0.15) is 0 Å². The van der Waals surface area contributed by atoms with Gasteiger partial charge in [-0.1, -0.05) is 0 Å². The smallest absolute Gasteiger partial charge is 0.185 e. The topological polar surface area (TPSA) is 37.4 Å². The Morgan fingerprint density at radius 3 is 3.24 bits per heavy atom. The summed E-state index contributed by atoms with van der Waals surface area (Å²) in [7, 11) is 0. The second kappa shape index (κ2) is 5.33. The SMILES string of the molecule is c1sc(N2CCCOCC2)nc1CNC1CC1.